The molecule has 0 radical (unpaired) electrons. The molecule has 0 saturated carbocycles. The average Bonchev–Trinajstić information content (AvgIpc) is 2.43. The molecule has 3 heteroatoms. The zero-order valence-electron chi connectivity index (χ0n) is 10.9. The van der Waals surface area contributed by atoms with Crippen LogP contribution in [0.1, 0.15) is 30.5 Å². The number of hydrogen-bond donors (Lipinski definition) is 1. The van der Waals surface area contributed by atoms with E-state index in [1.54, 1.807) is 12.1 Å². The van der Waals surface area contributed by atoms with Crippen LogP contribution >= 0.6 is 11.6 Å². The second kappa shape index (κ2) is 6.69. The van der Waals surface area contributed by atoms with Crippen LogP contribution in [0.4, 0.5) is 4.39 Å². The highest BCUT2D eigenvalue weighted by Gasteiger charge is 2.08. The Morgan fingerprint density at radius 1 is 1.05 bits per heavy atom. The summed E-state index contributed by atoms with van der Waals surface area (Å²) < 4.78 is 12.8. The summed E-state index contributed by atoms with van der Waals surface area (Å²) in [6.07, 6.45) is 0.989. The van der Waals surface area contributed by atoms with E-state index in [2.05, 4.69) is 12.2 Å². The minimum absolute atomic E-state index is 0.200. The molecular weight excluding hydrogens is 261 g/mol. The summed E-state index contributed by atoms with van der Waals surface area (Å²) in [5.74, 6) is -0.200. The van der Waals surface area contributed by atoms with E-state index in [9.17, 15) is 4.39 Å². The van der Waals surface area contributed by atoms with Crippen molar-refractivity contribution >= 4 is 11.6 Å². The lowest BCUT2D eigenvalue weighted by molar-refractivity contribution is 0.518. The molecule has 1 atom stereocenters. The highest BCUT2D eigenvalue weighted by atomic mass is 35.5. The number of hydrogen-bond acceptors (Lipinski definition) is 1. The molecule has 2 aromatic carbocycles. The van der Waals surface area contributed by atoms with Gasteiger partial charge in [0.2, 0.25) is 0 Å². The van der Waals surface area contributed by atoms with E-state index in [0.717, 1.165) is 23.6 Å². The Balaban J connectivity index is 1.99. The Morgan fingerprint density at radius 2 is 1.68 bits per heavy atom. The van der Waals surface area contributed by atoms with Gasteiger partial charge in [-0.1, -0.05) is 42.8 Å². The second-order valence-corrected chi connectivity index (χ2v) is 4.96. The Bertz CT molecular complexity index is 507. The molecule has 0 heterocycles. The minimum atomic E-state index is -0.200. The van der Waals surface area contributed by atoms with Gasteiger partial charge in [0.1, 0.15) is 5.82 Å². The molecule has 1 nitrogen and oxygen atoms in total. The molecule has 0 saturated heterocycles. The van der Waals surface area contributed by atoms with Crippen molar-refractivity contribution in [2.75, 3.05) is 0 Å². The molecule has 2 rings (SSSR count). The molecule has 0 aromatic heterocycles. The summed E-state index contributed by atoms with van der Waals surface area (Å²) in [4.78, 5) is 0. The van der Waals surface area contributed by atoms with Gasteiger partial charge in [-0.15, -0.1) is 0 Å². The molecule has 1 N–H and O–H groups in total. The van der Waals surface area contributed by atoms with E-state index in [-0.39, 0.29) is 11.9 Å². The number of nitrogens with one attached hydrogen (secondary N) is 1. The van der Waals surface area contributed by atoms with Crippen LogP contribution < -0.4 is 5.32 Å². The molecule has 0 spiro atoms. The van der Waals surface area contributed by atoms with E-state index >= 15 is 0 Å². The Morgan fingerprint density at radius 3 is 2.26 bits per heavy atom. The van der Waals surface area contributed by atoms with Crippen molar-refractivity contribution in [1.29, 1.82) is 0 Å². The van der Waals surface area contributed by atoms with Gasteiger partial charge in [-0.3, -0.25) is 0 Å². The summed E-state index contributed by atoms with van der Waals surface area (Å²) in [6.45, 7) is 2.86. The Hall–Kier alpha value is -1.38. The predicted octanol–water partition coefficient (Wildman–Crippen LogP) is 4.72. The SMILES string of the molecule is CCC(NCc1ccc(F)cc1)c1ccc(Cl)cc1. The molecule has 1 unspecified atom stereocenters. The third kappa shape index (κ3) is 4.05. The van der Waals surface area contributed by atoms with E-state index in [1.165, 1.54) is 17.7 Å². The van der Waals surface area contributed by atoms with Gasteiger partial charge in [0.15, 0.2) is 0 Å². The van der Waals surface area contributed by atoms with Crippen LogP contribution in [-0.4, -0.2) is 0 Å². The first kappa shape index (κ1) is 14.0. The monoisotopic (exact) mass is 277 g/mol. The summed E-state index contributed by atoms with van der Waals surface area (Å²) in [5.41, 5.74) is 2.29. The van der Waals surface area contributed by atoms with Crippen LogP contribution in [0.5, 0.6) is 0 Å². The Labute approximate surface area is 118 Å². The van der Waals surface area contributed by atoms with Crippen LogP contribution in [-0.2, 0) is 6.54 Å². The van der Waals surface area contributed by atoms with Crippen LogP contribution in [0.25, 0.3) is 0 Å². The highest BCUT2D eigenvalue weighted by molar-refractivity contribution is 6.30. The standard InChI is InChI=1S/C16H17ClFN/c1-2-16(13-5-7-14(17)8-6-13)19-11-12-3-9-15(18)10-4-12/h3-10,16,19H,2,11H2,1H3. The van der Waals surface area contributed by atoms with Gasteiger partial charge < -0.3 is 5.32 Å². The number of rotatable bonds is 5. The lowest BCUT2D eigenvalue weighted by atomic mass is 10.0. The summed E-state index contributed by atoms with van der Waals surface area (Å²) >= 11 is 5.89. The molecule has 0 bridgehead atoms. The van der Waals surface area contributed by atoms with Gasteiger partial charge in [0.05, 0.1) is 0 Å². The van der Waals surface area contributed by atoms with Gasteiger partial charge in [0.25, 0.3) is 0 Å². The maximum absolute atomic E-state index is 12.8. The first-order valence-electron chi connectivity index (χ1n) is 6.42. The summed E-state index contributed by atoms with van der Waals surface area (Å²) in [5, 5.41) is 4.22. The number of benzene rings is 2. The molecule has 0 fully saturated rings. The summed E-state index contributed by atoms with van der Waals surface area (Å²) in [6, 6.07) is 14.7. The molecule has 0 aliphatic rings. The van der Waals surface area contributed by atoms with Crippen LogP contribution in [0.2, 0.25) is 5.02 Å². The van der Waals surface area contributed by atoms with Crippen molar-refractivity contribution in [2.24, 2.45) is 0 Å². The predicted molar refractivity (Wildman–Crippen MR) is 77.7 cm³/mol. The highest BCUT2D eigenvalue weighted by Crippen LogP contribution is 2.19. The van der Waals surface area contributed by atoms with E-state index in [4.69, 9.17) is 11.6 Å². The lowest BCUT2D eigenvalue weighted by Crippen LogP contribution is -2.20. The van der Waals surface area contributed by atoms with Crippen molar-refractivity contribution in [3.8, 4) is 0 Å². The van der Waals surface area contributed by atoms with E-state index in [0.29, 0.717) is 0 Å². The van der Waals surface area contributed by atoms with E-state index in [1.807, 2.05) is 24.3 Å². The molecule has 0 aliphatic heterocycles. The average molecular weight is 278 g/mol. The van der Waals surface area contributed by atoms with Crippen molar-refractivity contribution in [1.82, 2.24) is 5.32 Å². The number of halogens is 2. The molecule has 19 heavy (non-hydrogen) atoms. The minimum Gasteiger partial charge on any atom is -0.306 e. The molecular formula is C16H17ClFN. The van der Waals surface area contributed by atoms with Crippen LogP contribution in [0, 0.1) is 5.82 Å². The summed E-state index contributed by atoms with van der Waals surface area (Å²) in [7, 11) is 0. The normalized spacial score (nSPS) is 12.4. The van der Waals surface area contributed by atoms with Crippen molar-refractivity contribution in [2.45, 2.75) is 25.9 Å². The molecule has 100 valence electrons. The largest absolute Gasteiger partial charge is 0.306 e. The molecule has 0 amide bonds. The van der Waals surface area contributed by atoms with Gasteiger partial charge >= 0.3 is 0 Å². The van der Waals surface area contributed by atoms with Gasteiger partial charge in [-0.2, -0.15) is 0 Å². The van der Waals surface area contributed by atoms with Crippen molar-refractivity contribution in [3.05, 3.63) is 70.5 Å². The zero-order chi connectivity index (χ0) is 13.7. The maximum Gasteiger partial charge on any atom is 0.123 e. The fraction of sp³-hybridized carbons (Fsp3) is 0.250. The molecule has 0 aliphatic carbocycles. The van der Waals surface area contributed by atoms with Gasteiger partial charge in [-0.05, 0) is 41.8 Å². The third-order valence-electron chi connectivity index (χ3n) is 3.15. The quantitative estimate of drug-likeness (QED) is 0.834. The van der Waals surface area contributed by atoms with Crippen molar-refractivity contribution in [3.63, 3.8) is 0 Å². The molecule has 2 aromatic rings. The van der Waals surface area contributed by atoms with Gasteiger partial charge in [0, 0.05) is 17.6 Å². The van der Waals surface area contributed by atoms with Crippen LogP contribution in [0.3, 0.4) is 0 Å². The second-order valence-electron chi connectivity index (χ2n) is 4.52. The zero-order valence-corrected chi connectivity index (χ0v) is 11.6. The fourth-order valence-electron chi connectivity index (χ4n) is 2.04. The smallest absolute Gasteiger partial charge is 0.123 e. The van der Waals surface area contributed by atoms with E-state index < -0.39 is 0 Å². The fourth-order valence-corrected chi connectivity index (χ4v) is 2.16. The first-order valence-corrected chi connectivity index (χ1v) is 6.80. The first-order chi connectivity index (χ1) is 9.19. The van der Waals surface area contributed by atoms with Crippen LogP contribution in [0.15, 0.2) is 48.5 Å². The third-order valence-corrected chi connectivity index (χ3v) is 3.40. The lowest BCUT2D eigenvalue weighted by Gasteiger charge is -2.17. The maximum atomic E-state index is 12.8. The Kier molecular flexibility index (Phi) is 4.94. The topological polar surface area (TPSA) is 12.0 Å². The van der Waals surface area contributed by atoms with Gasteiger partial charge in [-0.25, -0.2) is 4.39 Å². The van der Waals surface area contributed by atoms with Crippen molar-refractivity contribution < 1.29 is 4.39 Å².